The Morgan fingerprint density at radius 1 is 0.788 bits per heavy atom. The fourth-order valence-electron chi connectivity index (χ4n) is 4.18. The van der Waals surface area contributed by atoms with Gasteiger partial charge in [-0.25, -0.2) is 4.98 Å². The van der Waals surface area contributed by atoms with Crippen LogP contribution in [0.15, 0.2) is 106 Å². The average Bonchev–Trinajstić information content (AvgIpc) is 3.29. The second-order valence-electron chi connectivity index (χ2n) is 7.83. The van der Waals surface area contributed by atoms with Crippen LogP contribution in [0.3, 0.4) is 0 Å². The molecule has 5 aromatic carbocycles. The van der Waals surface area contributed by atoms with Crippen molar-refractivity contribution in [3.8, 4) is 11.5 Å². The van der Waals surface area contributed by atoms with Crippen LogP contribution in [0.4, 0.5) is 5.69 Å². The van der Waals surface area contributed by atoms with Crippen molar-refractivity contribution in [2.75, 3.05) is 5.32 Å². The Balaban J connectivity index is 1.36. The van der Waals surface area contributed by atoms with E-state index in [2.05, 4.69) is 27.3 Å². The van der Waals surface area contributed by atoms with E-state index in [9.17, 15) is 4.79 Å². The molecule has 0 unspecified atom stereocenters. The molecule has 6 rings (SSSR count). The Morgan fingerprint density at radius 3 is 2.52 bits per heavy atom. The summed E-state index contributed by atoms with van der Waals surface area (Å²) in [4.78, 5) is 17.9. The SMILES string of the molecule is O=C(Nc1cccc(-c2nc3c(ccc4ccccc43)o2)c1)c1cccc2c(Br)cccc12. The standard InChI is InChI=1S/C28H17BrN2O2/c29-24-13-5-10-21-22(24)11-4-12-23(21)27(32)30-19-8-3-7-18(16-19)28-31-26-20-9-2-1-6-17(20)14-15-25(26)33-28/h1-16H,(H,30,32). The second kappa shape index (κ2) is 7.87. The van der Waals surface area contributed by atoms with E-state index in [0.717, 1.165) is 42.7 Å². The maximum absolute atomic E-state index is 13.1. The third-order valence-electron chi connectivity index (χ3n) is 5.76. The zero-order valence-electron chi connectivity index (χ0n) is 17.4. The van der Waals surface area contributed by atoms with Crippen molar-refractivity contribution in [3.05, 3.63) is 107 Å². The number of fused-ring (bicyclic) bond motifs is 4. The molecule has 4 nitrogen and oxygen atoms in total. The molecule has 0 bridgehead atoms. The Kier molecular flexibility index (Phi) is 4.70. The Morgan fingerprint density at radius 2 is 1.58 bits per heavy atom. The number of oxazole rings is 1. The molecule has 33 heavy (non-hydrogen) atoms. The zero-order valence-corrected chi connectivity index (χ0v) is 19.0. The highest BCUT2D eigenvalue weighted by molar-refractivity contribution is 9.10. The van der Waals surface area contributed by atoms with E-state index in [1.807, 2.05) is 91.0 Å². The van der Waals surface area contributed by atoms with Crippen LogP contribution in [-0.4, -0.2) is 10.9 Å². The molecule has 0 aliphatic carbocycles. The van der Waals surface area contributed by atoms with Gasteiger partial charge in [-0.15, -0.1) is 0 Å². The summed E-state index contributed by atoms with van der Waals surface area (Å²) in [6.07, 6.45) is 0. The molecule has 1 aromatic heterocycles. The fourth-order valence-corrected chi connectivity index (χ4v) is 4.68. The average molecular weight is 493 g/mol. The molecule has 0 saturated carbocycles. The van der Waals surface area contributed by atoms with Gasteiger partial charge >= 0.3 is 0 Å². The number of nitrogens with one attached hydrogen (secondary N) is 1. The highest BCUT2D eigenvalue weighted by atomic mass is 79.9. The van der Waals surface area contributed by atoms with Crippen LogP contribution >= 0.6 is 15.9 Å². The van der Waals surface area contributed by atoms with E-state index in [-0.39, 0.29) is 5.91 Å². The van der Waals surface area contributed by atoms with Gasteiger partial charge in [-0.2, -0.15) is 0 Å². The van der Waals surface area contributed by atoms with E-state index in [1.54, 1.807) is 0 Å². The summed E-state index contributed by atoms with van der Waals surface area (Å²) in [6, 6.07) is 31.2. The summed E-state index contributed by atoms with van der Waals surface area (Å²) in [5.74, 6) is 0.353. The highest BCUT2D eigenvalue weighted by Crippen LogP contribution is 2.31. The Hall–Kier alpha value is -3.96. The van der Waals surface area contributed by atoms with E-state index >= 15 is 0 Å². The third-order valence-corrected chi connectivity index (χ3v) is 6.46. The molecule has 6 aromatic rings. The van der Waals surface area contributed by atoms with Crippen molar-refractivity contribution in [2.24, 2.45) is 0 Å². The highest BCUT2D eigenvalue weighted by Gasteiger charge is 2.14. The fraction of sp³-hybridized carbons (Fsp3) is 0. The van der Waals surface area contributed by atoms with Crippen LogP contribution in [0.5, 0.6) is 0 Å². The summed E-state index contributed by atoms with van der Waals surface area (Å²) in [5, 5.41) is 7.08. The van der Waals surface area contributed by atoms with Gasteiger partial charge in [0, 0.05) is 26.7 Å². The first-order valence-electron chi connectivity index (χ1n) is 10.5. The van der Waals surface area contributed by atoms with Gasteiger partial charge in [0.25, 0.3) is 5.91 Å². The van der Waals surface area contributed by atoms with Crippen LogP contribution in [-0.2, 0) is 0 Å². The molecule has 0 aliphatic rings. The van der Waals surface area contributed by atoms with Crippen LogP contribution in [0.1, 0.15) is 10.4 Å². The summed E-state index contributed by atoms with van der Waals surface area (Å²) in [5.41, 5.74) is 3.66. The monoisotopic (exact) mass is 492 g/mol. The second-order valence-corrected chi connectivity index (χ2v) is 8.68. The van der Waals surface area contributed by atoms with Gasteiger partial charge < -0.3 is 9.73 Å². The number of carbonyl (C=O) groups is 1. The quantitative estimate of drug-likeness (QED) is 0.274. The number of anilines is 1. The van der Waals surface area contributed by atoms with Crippen LogP contribution in [0, 0.1) is 0 Å². The van der Waals surface area contributed by atoms with E-state index in [1.165, 1.54) is 0 Å². The number of hydrogen-bond donors (Lipinski definition) is 1. The number of benzene rings is 5. The number of nitrogens with zero attached hydrogens (tertiary/aromatic N) is 1. The Labute approximate surface area is 198 Å². The minimum atomic E-state index is -0.167. The predicted molar refractivity (Wildman–Crippen MR) is 137 cm³/mol. The largest absolute Gasteiger partial charge is 0.436 e. The first kappa shape index (κ1) is 19.7. The molecule has 0 spiro atoms. The summed E-state index contributed by atoms with van der Waals surface area (Å²) < 4.78 is 7.01. The molecule has 1 heterocycles. The lowest BCUT2D eigenvalue weighted by Gasteiger charge is -2.09. The molecule has 0 radical (unpaired) electrons. The molecule has 1 N–H and O–H groups in total. The lowest BCUT2D eigenvalue weighted by atomic mass is 10.0. The van der Waals surface area contributed by atoms with Gasteiger partial charge in [-0.3, -0.25) is 4.79 Å². The predicted octanol–water partition coefficient (Wildman–Crippen LogP) is 7.82. The first-order chi connectivity index (χ1) is 16.2. The van der Waals surface area contributed by atoms with Crippen molar-refractivity contribution in [1.29, 1.82) is 0 Å². The van der Waals surface area contributed by atoms with Crippen molar-refractivity contribution < 1.29 is 9.21 Å². The number of aromatic nitrogens is 1. The summed E-state index contributed by atoms with van der Waals surface area (Å²) in [7, 11) is 0. The smallest absolute Gasteiger partial charge is 0.256 e. The van der Waals surface area contributed by atoms with Gasteiger partial charge in [-0.1, -0.05) is 76.6 Å². The van der Waals surface area contributed by atoms with Crippen molar-refractivity contribution >= 4 is 60.2 Å². The molecule has 5 heteroatoms. The lowest BCUT2D eigenvalue weighted by molar-refractivity contribution is 0.102. The zero-order chi connectivity index (χ0) is 22.4. The van der Waals surface area contributed by atoms with Crippen molar-refractivity contribution in [2.45, 2.75) is 0 Å². The van der Waals surface area contributed by atoms with Gasteiger partial charge in [0.05, 0.1) is 0 Å². The molecular weight excluding hydrogens is 476 g/mol. The van der Waals surface area contributed by atoms with Crippen molar-refractivity contribution in [3.63, 3.8) is 0 Å². The van der Waals surface area contributed by atoms with Crippen molar-refractivity contribution in [1.82, 2.24) is 4.98 Å². The van der Waals surface area contributed by atoms with Gasteiger partial charge in [0.15, 0.2) is 5.58 Å². The maximum Gasteiger partial charge on any atom is 0.256 e. The third kappa shape index (κ3) is 3.47. The summed E-state index contributed by atoms with van der Waals surface area (Å²) >= 11 is 3.56. The molecule has 1 amide bonds. The minimum absolute atomic E-state index is 0.167. The minimum Gasteiger partial charge on any atom is -0.436 e. The number of carbonyl (C=O) groups excluding carboxylic acids is 1. The Bertz CT molecular complexity index is 1690. The first-order valence-corrected chi connectivity index (χ1v) is 11.3. The molecule has 0 atom stereocenters. The van der Waals surface area contributed by atoms with Crippen LogP contribution in [0.2, 0.25) is 0 Å². The molecule has 0 aliphatic heterocycles. The topological polar surface area (TPSA) is 55.1 Å². The summed E-state index contributed by atoms with van der Waals surface area (Å²) in [6.45, 7) is 0. The normalized spacial score (nSPS) is 11.3. The van der Waals surface area contributed by atoms with E-state index < -0.39 is 0 Å². The van der Waals surface area contributed by atoms with E-state index in [0.29, 0.717) is 17.1 Å². The van der Waals surface area contributed by atoms with Crippen LogP contribution in [0.25, 0.3) is 44.1 Å². The lowest BCUT2D eigenvalue weighted by Crippen LogP contribution is -2.12. The molecule has 0 saturated heterocycles. The molecule has 158 valence electrons. The number of rotatable bonds is 3. The number of hydrogen-bond acceptors (Lipinski definition) is 3. The van der Waals surface area contributed by atoms with Crippen LogP contribution < -0.4 is 5.32 Å². The number of halogens is 1. The van der Waals surface area contributed by atoms with Gasteiger partial charge in [-0.05, 0) is 52.6 Å². The molecule has 0 fully saturated rings. The molecular formula is C28H17BrN2O2. The maximum atomic E-state index is 13.1. The van der Waals surface area contributed by atoms with Gasteiger partial charge in [0.1, 0.15) is 5.52 Å². The number of amides is 1. The van der Waals surface area contributed by atoms with Gasteiger partial charge in [0.2, 0.25) is 5.89 Å². The van der Waals surface area contributed by atoms with E-state index in [4.69, 9.17) is 9.40 Å².